The van der Waals surface area contributed by atoms with Crippen molar-refractivity contribution >= 4 is 23.3 Å². The van der Waals surface area contributed by atoms with Crippen molar-refractivity contribution in [1.82, 2.24) is 0 Å². The first-order valence-corrected chi connectivity index (χ1v) is 6.01. The van der Waals surface area contributed by atoms with Gasteiger partial charge in [-0.15, -0.1) is 0 Å². The Balaban J connectivity index is 2.04. The second-order valence-electron chi connectivity index (χ2n) is 3.92. The number of aromatic carboxylic acids is 1. The standard InChI is InChI=1S/C12H14ClNO4/c13-9-2-1-3-10(11(9)12(15)16)14-6-8-7-17-4-5-18-8/h1-3,8,14H,4-7H2,(H,15,16). The molecule has 98 valence electrons. The molecule has 0 radical (unpaired) electrons. The number of nitrogens with one attached hydrogen (secondary N) is 1. The number of carbonyl (C=O) groups is 1. The summed E-state index contributed by atoms with van der Waals surface area (Å²) < 4.78 is 10.7. The van der Waals surface area contributed by atoms with E-state index in [0.717, 1.165) is 0 Å². The second kappa shape index (κ2) is 6.04. The first-order valence-electron chi connectivity index (χ1n) is 5.63. The molecule has 1 aliphatic rings. The summed E-state index contributed by atoms with van der Waals surface area (Å²) in [6, 6.07) is 4.94. The molecule has 0 aliphatic carbocycles. The summed E-state index contributed by atoms with van der Waals surface area (Å²) in [6.45, 7) is 2.16. The molecular formula is C12H14ClNO4. The van der Waals surface area contributed by atoms with Crippen molar-refractivity contribution in [2.75, 3.05) is 31.7 Å². The molecule has 1 fully saturated rings. The molecule has 5 nitrogen and oxygen atoms in total. The van der Waals surface area contributed by atoms with Crippen molar-refractivity contribution in [3.63, 3.8) is 0 Å². The van der Waals surface area contributed by atoms with Crippen LogP contribution in [0.5, 0.6) is 0 Å². The number of benzene rings is 1. The molecule has 1 heterocycles. The third-order valence-electron chi connectivity index (χ3n) is 2.63. The average Bonchev–Trinajstić information content (AvgIpc) is 2.37. The van der Waals surface area contributed by atoms with E-state index < -0.39 is 5.97 Å². The molecule has 0 amide bonds. The van der Waals surface area contributed by atoms with Crippen molar-refractivity contribution in [2.45, 2.75) is 6.10 Å². The van der Waals surface area contributed by atoms with Gasteiger partial charge in [0.15, 0.2) is 0 Å². The van der Waals surface area contributed by atoms with Crippen molar-refractivity contribution < 1.29 is 19.4 Å². The van der Waals surface area contributed by atoms with E-state index in [1.54, 1.807) is 18.2 Å². The molecule has 0 spiro atoms. The fraction of sp³-hybridized carbons (Fsp3) is 0.417. The highest BCUT2D eigenvalue weighted by molar-refractivity contribution is 6.34. The Morgan fingerprint density at radius 2 is 2.33 bits per heavy atom. The van der Waals surface area contributed by atoms with Gasteiger partial charge in [-0.2, -0.15) is 0 Å². The minimum atomic E-state index is -1.05. The van der Waals surface area contributed by atoms with Crippen LogP contribution in [0.3, 0.4) is 0 Å². The van der Waals surface area contributed by atoms with Crippen molar-refractivity contribution in [3.8, 4) is 0 Å². The van der Waals surface area contributed by atoms with Gasteiger partial charge in [0.25, 0.3) is 0 Å². The van der Waals surface area contributed by atoms with Crippen LogP contribution in [0.4, 0.5) is 5.69 Å². The van der Waals surface area contributed by atoms with Crippen LogP contribution in [-0.4, -0.2) is 43.5 Å². The summed E-state index contributed by atoms with van der Waals surface area (Å²) in [5.74, 6) is -1.05. The maximum atomic E-state index is 11.1. The fourth-order valence-electron chi connectivity index (χ4n) is 1.77. The molecule has 0 bridgehead atoms. The highest BCUT2D eigenvalue weighted by atomic mass is 35.5. The van der Waals surface area contributed by atoms with Crippen LogP contribution in [0.1, 0.15) is 10.4 Å². The van der Waals surface area contributed by atoms with Crippen molar-refractivity contribution in [3.05, 3.63) is 28.8 Å². The van der Waals surface area contributed by atoms with E-state index in [9.17, 15) is 4.79 Å². The molecule has 2 rings (SSSR count). The van der Waals surface area contributed by atoms with Gasteiger partial charge in [-0.1, -0.05) is 17.7 Å². The van der Waals surface area contributed by atoms with Gasteiger partial charge in [0.05, 0.1) is 36.6 Å². The van der Waals surface area contributed by atoms with Crippen LogP contribution >= 0.6 is 11.6 Å². The van der Waals surface area contributed by atoms with E-state index >= 15 is 0 Å². The topological polar surface area (TPSA) is 67.8 Å². The van der Waals surface area contributed by atoms with Crippen molar-refractivity contribution in [2.24, 2.45) is 0 Å². The van der Waals surface area contributed by atoms with E-state index in [2.05, 4.69) is 5.32 Å². The lowest BCUT2D eigenvalue weighted by molar-refractivity contribution is -0.0818. The number of rotatable bonds is 4. The van der Waals surface area contributed by atoms with Crippen LogP contribution in [0.15, 0.2) is 18.2 Å². The Morgan fingerprint density at radius 3 is 3.00 bits per heavy atom. The zero-order valence-electron chi connectivity index (χ0n) is 9.69. The number of carboxylic acid groups (broad SMARTS) is 1. The minimum absolute atomic E-state index is 0.0700. The fourth-order valence-corrected chi connectivity index (χ4v) is 2.02. The lowest BCUT2D eigenvalue weighted by Crippen LogP contribution is -2.34. The van der Waals surface area contributed by atoms with Gasteiger partial charge >= 0.3 is 5.97 Å². The Bertz CT molecular complexity index is 432. The molecule has 18 heavy (non-hydrogen) atoms. The molecular weight excluding hydrogens is 258 g/mol. The molecule has 1 unspecified atom stereocenters. The van der Waals surface area contributed by atoms with E-state index in [4.69, 9.17) is 26.2 Å². The van der Waals surface area contributed by atoms with Crippen LogP contribution in [0.2, 0.25) is 5.02 Å². The van der Waals surface area contributed by atoms with Crippen molar-refractivity contribution in [1.29, 1.82) is 0 Å². The van der Waals surface area contributed by atoms with Crippen LogP contribution in [-0.2, 0) is 9.47 Å². The quantitative estimate of drug-likeness (QED) is 0.875. The SMILES string of the molecule is O=C(O)c1c(Cl)cccc1NCC1COCCO1. The summed E-state index contributed by atoms with van der Waals surface area (Å²) in [4.78, 5) is 11.1. The number of ether oxygens (including phenoxy) is 2. The molecule has 1 aromatic carbocycles. The molecule has 0 saturated carbocycles. The van der Waals surface area contributed by atoms with Gasteiger partial charge in [0.2, 0.25) is 0 Å². The van der Waals surface area contributed by atoms with E-state index in [1.807, 2.05) is 0 Å². The summed E-state index contributed by atoms with van der Waals surface area (Å²) in [7, 11) is 0. The largest absolute Gasteiger partial charge is 0.478 e. The number of halogens is 1. The van der Waals surface area contributed by atoms with Gasteiger partial charge in [0.1, 0.15) is 5.56 Å². The average molecular weight is 272 g/mol. The Morgan fingerprint density at radius 1 is 1.50 bits per heavy atom. The molecule has 6 heteroatoms. The maximum Gasteiger partial charge on any atom is 0.339 e. The Hall–Kier alpha value is -1.30. The second-order valence-corrected chi connectivity index (χ2v) is 4.32. The number of hydrogen-bond acceptors (Lipinski definition) is 4. The molecule has 2 N–H and O–H groups in total. The number of carboxylic acids is 1. The van der Waals surface area contributed by atoms with Gasteiger partial charge < -0.3 is 19.9 Å². The maximum absolute atomic E-state index is 11.1. The number of hydrogen-bond donors (Lipinski definition) is 2. The van der Waals surface area contributed by atoms with Gasteiger partial charge in [0, 0.05) is 6.54 Å². The summed E-state index contributed by atoms with van der Waals surface area (Å²) in [6.07, 6.45) is -0.0700. The zero-order valence-corrected chi connectivity index (χ0v) is 10.4. The summed E-state index contributed by atoms with van der Waals surface area (Å²) in [5.41, 5.74) is 0.570. The predicted octanol–water partition coefficient (Wildman–Crippen LogP) is 1.87. The highest BCUT2D eigenvalue weighted by Gasteiger charge is 2.17. The monoisotopic (exact) mass is 271 g/mol. The third kappa shape index (κ3) is 3.13. The normalized spacial score (nSPS) is 19.5. The minimum Gasteiger partial charge on any atom is -0.478 e. The lowest BCUT2D eigenvalue weighted by Gasteiger charge is -2.24. The molecule has 0 aromatic heterocycles. The Labute approximate surface area is 110 Å². The first kappa shape index (κ1) is 13.1. The molecule has 1 saturated heterocycles. The lowest BCUT2D eigenvalue weighted by atomic mass is 10.1. The Kier molecular flexibility index (Phi) is 4.41. The molecule has 1 aliphatic heterocycles. The smallest absolute Gasteiger partial charge is 0.339 e. The van der Waals surface area contributed by atoms with Crippen LogP contribution < -0.4 is 5.32 Å². The van der Waals surface area contributed by atoms with Crippen LogP contribution in [0.25, 0.3) is 0 Å². The zero-order chi connectivity index (χ0) is 13.0. The molecule has 1 atom stereocenters. The van der Waals surface area contributed by atoms with Gasteiger partial charge in [-0.05, 0) is 12.1 Å². The van der Waals surface area contributed by atoms with E-state index in [1.165, 1.54) is 0 Å². The van der Waals surface area contributed by atoms with E-state index in [-0.39, 0.29) is 16.7 Å². The first-order chi connectivity index (χ1) is 8.68. The third-order valence-corrected chi connectivity index (χ3v) is 2.95. The summed E-state index contributed by atoms with van der Waals surface area (Å²) in [5, 5.41) is 12.4. The van der Waals surface area contributed by atoms with E-state index in [0.29, 0.717) is 32.1 Å². The van der Waals surface area contributed by atoms with Gasteiger partial charge in [-0.3, -0.25) is 0 Å². The number of anilines is 1. The highest BCUT2D eigenvalue weighted by Crippen LogP contribution is 2.24. The summed E-state index contributed by atoms with van der Waals surface area (Å²) >= 11 is 5.87. The predicted molar refractivity (Wildman–Crippen MR) is 67.5 cm³/mol. The van der Waals surface area contributed by atoms with Crippen LogP contribution in [0, 0.1) is 0 Å². The van der Waals surface area contributed by atoms with Gasteiger partial charge in [-0.25, -0.2) is 4.79 Å². The molecule has 1 aromatic rings.